The molecule has 130 valence electrons. The van der Waals surface area contributed by atoms with Gasteiger partial charge in [-0.05, 0) is 32.0 Å². The quantitative estimate of drug-likeness (QED) is 0.655. The van der Waals surface area contributed by atoms with E-state index < -0.39 is 5.41 Å². The first-order chi connectivity index (χ1) is 11.4. The van der Waals surface area contributed by atoms with Crippen molar-refractivity contribution in [1.82, 2.24) is 10.2 Å². The van der Waals surface area contributed by atoms with Crippen molar-refractivity contribution in [3.63, 3.8) is 0 Å². The molecule has 1 N–H and O–H groups in total. The molecule has 0 bridgehead atoms. The predicted octanol–water partition coefficient (Wildman–Crippen LogP) is 2.32. The zero-order valence-electron chi connectivity index (χ0n) is 14.2. The molecule has 1 aromatic rings. The lowest BCUT2D eigenvalue weighted by molar-refractivity contribution is -0.148. The highest BCUT2D eigenvalue weighted by Crippen LogP contribution is 2.24. The van der Waals surface area contributed by atoms with Gasteiger partial charge in [0.05, 0.1) is 0 Å². The number of anilines is 1. The summed E-state index contributed by atoms with van der Waals surface area (Å²) in [4.78, 5) is 28.9. The zero-order chi connectivity index (χ0) is 17.7. The Hall–Kier alpha value is -2.01. The first-order valence-corrected chi connectivity index (χ1v) is 8.43. The maximum Gasteiger partial charge on any atom is 0.237 e. The number of benzene rings is 1. The van der Waals surface area contributed by atoms with Crippen molar-refractivity contribution >= 4 is 29.1 Å². The van der Waals surface area contributed by atoms with E-state index in [1.165, 1.54) is 0 Å². The van der Waals surface area contributed by atoms with Crippen molar-refractivity contribution in [2.75, 3.05) is 37.6 Å². The van der Waals surface area contributed by atoms with Crippen molar-refractivity contribution in [3.8, 4) is 0 Å². The average molecular weight is 350 g/mol. The van der Waals surface area contributed by atoms with E-state index in [9.17, 15) is 9.59 Å². The molecule has 1 fully saturated rings. The van der Waals surface area contributed by atoms with Crippen molar-refractivity contribution in [2.24, 2.45) is 5.41 Å². The largest absolute Gasteiger partial charge is 0.368 e. The molecule has 2 rings (SSSR count). The van der Waals surface area contributed by atoms with Gasteiger partial charge in [-0.2, -0.15) is 0 Å². The van der Waals surface area contributed by atoms with Crippen LogP contribution in [0.1, 0.15) is 13.8 Å². The number of carbonyl (C=O) groups is 2. The molecule has 1 aromatic carbocycles. The topological polar surface area (TPSA) is 52.7 Å². The molecule has 0 unspecified atom stereocenters. The van der Waals surface area contributed by atoms with Crippen LogP contribution in [0.5, 0.6) is 0 Å². The van der Waals surface area contributed by atoms with E-state index in [1.807, 2.05) is 24.3 Å². The minimum atomic E-state index is -1.08. The zero-order valence-corrected chi connectivity index (χ0v) is 15.0. The fourth-order valence-electron chi connectivity index (χ4n) is 2.72. The minimum Gasteiger partial charge on any atom is -0.368 e. The lowest BCUT2D eigenvalue weighted by Gasteiger charge is -2.39. The highest BCUT2D eigenvalue weighted by Gasteiger charge is 2.39. The maximum absolute atomic E-state index is 12.7. The number of amides is 2. The van der Waals surface area contributed by atoms with Gasteiger partial charge in [-0.15, -0.1) is 6.58 Å². The first kappa shape index (κ1) is 18.3. The SMILES string of the molecule is C=CCNC(=O)C(C)(C)C(=O)N1CCN(c2cccc(Cl)c2)CC1. The van der Waals surface area contributed by atoms with Gasteiger partial charge in [0.25, 0.3) is 0 Å². The third-order valence-electron chi connectivity index (χ3n) is 4.25. The van der Waals surface area contributed by atoms with Crippen LogP contribution in [0.15, 0.2) is 36.9 Å². The molecule has 1 aliphatic rings. The molecule has 0 aromatic heterocycles. The number of nitrogens with zero attached hydrogens (tertiary/aromatic N) is 2. The fourth-order valence-corrected chi connectivity index (χ4v) is 2.90. The Balaban J connectivity index is 1.97. The molecule has 6 heteroatoms. The molecule has 5 nitrogen and oxygen atoms in total. The Morgan fingerprint density at radius 3 is 2.54 bits per heavy atom. The van der Waals surface area contributed by atoms with Gasteiger partial charge in [0.2, 0.25) is 11.8 Å². The van der Waals surface area contributed by atoms with Crippen LogP contribution in [0, 0.1) is 5.41 Å². The van der Waals surface area contributed by atoms with Crippen LogP contribution in [-0.2, 0) is 9.59 Å². The molecule has 24 heavy (non-hydrogen) atoms. The summed E-state index contributed by atoms with van der Waals surface area (Å²) in [5.41, 5.74) is -0.0288. The highest BCUT2D eigenvalue weighted by atomic mass is 35.5. The Morgan fingerprint density at radius 2 is 1.96 bits per heavy atom. The van der Waals surface area contributed by atoms with Gasteiger partial charge in [-0.1, -0.05) is 23.7 Å². The van der Waals surface area contributed by atoms with Gasteiger partial charge in [0.1, 0.15) is 5.41 Å². The molecular weight excluding hydrogens is 326 g/mol. The molecule has 0 radical (unpaired) electrons. The summed E-state index contributed by atoms with van der Waals surface area (Å²) in [6, 6.07) is 7.69. The molecule has 0 saturated carbocycles. The Kier molecular flexibility index (Phi) is 5.89. The van der Waals surface area contributed by atoms with Gasteiger partial charge >= 0.3 is 0 Å². The van der Waals surface area contributed by atoms with Crippen LogP contribution in [0.4, 0.5) is 5.69 Å². The maximum atomic E-state index is 12.7. The molecule has 1 aliphatic heterocycles. The highest BCUT2D eigenvalue weighted by molar-refractivity contribution is 6.30. The van der Waals surface area contributed by atoms with Crippen LogP contribution in [0.25, 0.3) is 0 Å². The molecule has 1 saturated heterocycles. The number of halogens is 1. The smallest absolute Gasteiger partial charge is 0.237 e. The second-order valence-corrected chi connectivity index (χ2v) is 6.82. The average Bonchev–Trinajstić information content (AvgIpc) is 2.59. The summed E-state index contributed by atoms with van der Waals surface area (Å²) in [6.07, 6.45) is 1.60. The van der Waals surface area contributed by atoms with Gasteiger partial charge in [0, 0.05) is 43.4 Å². The van der Waals surface area contributed by atoms with Gasteiger partial charge in [0.15, 0.2) is 0 Å². The van der Waals surface area contributed by atoms with E-state index in [0.29, 0.717) is 24.7 Å². The number of rotatable bonds is 5. The van der Waals surface area contributed by atoms with E-state index in [2.05, 4.69) is 16.8 Å². The molecule has 1 heterocycles. The fraction of sp³-hybridized carbons (Fsp3) is 0.444. The van der Waals surface area contributed by atoms with Crippen molar-refractivity contribution < 1.29 is 9.59 Å². The lowest BCUT2D eigenvalue weighted by atomic mass is 9.90. The van der Waals surface area contributed by atoms with Crippen LogP contribution in [-0.4, -0.2) is 49.4 Å². The monoisotopic (exact) mass is 349 g/mol. The predicted molar refractivity (Wildman–Crippen MR) is 97.2 cm³/mol. The molecule has 0 atom stereocenters. The normalized spacial score (nSPS) is 15.1. The van der Waals surface area contributed by atoms with Crippen molar-refractivity contribution in [1.29, 1.82) is 0 Å². The second kappa shape index (κ2) is 7.71. The number of nitrogens with one attached hydrogen (secondary N) is 1. The molecule has 0 aliphatic carbocycles. The summed E-state index contributed by atoms with van der Waals surface area (Å²) in [7, 11) is 0. The Morgan fingerprint density at radius 1 is 1.29 bits per heavy atom. The van der Waals surface area contributed by atoms with Crippen LogP contribution in [0.3, 0.4) is 0 Å². The van der Waals surface area contributed by atoms with Gasteiger partial charge < -0.3 is 15.1 Å². The van der Waals surface area contributed by atoms with Crippen LogP contribution in [0.2, 0.25) is 5.02 Å². The number of carbonyl (C=O) groups excluding carboxylic acids is 2. The third kappa shape index (κ3) is 4.09. The standard InChI is InChI=1S/C18H24ClN3O2/c1-4-8-20-16(23)18(2,3)17(24)22-11-9-21(10-12-22)15-7-5-6-14(19)13-15/h4-7,13H,1,8-12H2,2-3H3,(H,20,23). The summed E-state index contributed by atoms with van der Waals surface area (Å²) in [5.74, 6) is -0.417. The summed E-state index contributed by atoms with van der Waals surface area (Å²) in [5, 5.41) is 3.40. The number of hydrogen-bond donors (Lipinski definition) is 1. The van der Waals surface area contributed by atoms with E-state index >= 15 is 0 Å². The van der Waals surface area contributed by atoms with E-state index in [1.54, 1.807) is 24.8 Å². The minimum absolute atomic E-state index is 0.144. The third-order valence-corrected chi connectivity index (χ3v) is 4.48. The summed E-state index contributed by atoms with van der Waals surface area (Å²) >= 11 is 6.04. The molecular formula is C18H24ClN3O2. The first-order valence-electron chi connectivity index (χ1n) is 8.05. The van der Waals surface area contributed by atoms with Crippen LogP contribution >= 0.6 is 11.6 Å². The van der Waals surface area contributed by atoms with Crippen molar-refractivity contribution in [3.05, 3.63) is 41.9 Å². The van der Waals surface area contributed by atoms with Gasteiger partial charge in [-0.25, -0.2) is 0 Å². The van der Waals surface area contributed by atoms with E-state index in [-0.39, 0.29) is 11.8 Å². The second-order valence-electron chi connectivity index (χ2n) is 6.38. The summed E-state index contributed by atoms with van der Waals surface area (Å²) < 4.78 is 0. The van der Waals surface area contributed by atoms with E-state index in [4.69, 9.17) is 11.6 Å². The Labute approximate surface area is 148 Å². The molecule has 2 amide bonds. The Bertz CT molecular complexity index is 622. The number of piperazine rings is 1. The summed E-state index contributed by atoms with van der Waals surface area (Å²) in [6.45, 7) is 9.87. The van der Waals surface area contributed by atoms with Crippen molar-refractivity contribution in [2.45, 2.75) is 13.8 Å². The van der Waals surface area contributed by atoms with E-state index in [0.717, 1.165) is 18.8 Å². The number of hydrogen-bond acceptors (Lipinski definition) is 3. The van der Waals surface area contributed by atoms with Crippen LogP contribution < -0.4 is 10.2 Å². The lowest BCUT2D eigenvalue weighted by Crippen LogP contribution is -2.55. The molecule has 0 spiro atoms. The van der Waals surface area contributed by atoms with Gasteiger partial charge in [-0.3, -0.25) is 9.59 Å².